The van der Waals surface area contributed by atoms with Gasteiger partial charge < -0.3 is 10.5 Å². The highest BCUT2D eigenvalue weighted by Crippen LogP contribution is 2.31. The van der Waals surface area contributed by atoms with E-state index in [1.54, 1.807) is 12.1 Å². The van der Waals surface area contributed by atoms with Crippen LogP contribution in [0.2, 0.25) is 0 Å². The maximum Gasteiger partial charge on any atom is 0.144 e. The van der Waals surface area contributed by atoms with Crippen LogP contribution in [0.25, 0.3) is 0 Å². The van der Waals surface area contributed by atoms with Crippen LogP contribution in [0.1, 0.15) is 5.56 Å². The Labute approximate surface area is 107 Å². The molecule has 88 valence electrons. The molecule has 0 amide bonds. The standard InChI is InChI=1S/C13H11BrFNO/c14-11-6-5-10(15)7-13(11)17-12-4-2-1-3-9(12)8-16/h1-7H,8,16H2. The monoisotopic (exact) mass is 295 g/mol. The molecule has 0 aliphatic heterocycles. The second-order valence-electron chi connectivity index (χ2n) is 3.49. The predicted octanol–water partition coefficient (Wildman–Crippen LogP) is 3.84. The number of ether oxygens (including phenoxy) is 1. The van der Waals surface area contributed by atoms with Crippen LogP contribution in [0.3, 0.4) is 0 Å². The second kappa shape index (κ2) is 5.29. The Morgan fingerprint density at radius 3 is 2.65 bits per heavy atom. The van der Waals surface area contributed by atoms with E-state index in [-0.39, 0.29) is 5.82 Å². The van der Waals surface area contributed by atoms with E-state index < -0.39 is 0 Å². The molecule has 2 rings (SSSR count). The number of nitrogens with two attached hydrogens (primary N) is 1. The van der Waals surface area contributed by atoms with Gasteiger partial charge in [-0.25, -0.2) is 4.39 Å². The van der Waals surface area contributed by atoms with Gasteiger partial charge in [0.05, 0.1) is 4.47 Å². The molecule has 0 fully saturated rings. The fourth-order valence-corrected chi connectivity index (χ4v) is 1.77. The van der Waals surface area contributed by atoms with E-state index in [9.17, 15) is 4.39 Å². The van der Waals surface area contributed by atoms with Gasteiger partial charge in [0.1, 0.15) is 17.3 Å². The minimum atomic E-state index is -0.339. The lowest BCUT2D eigenvalue weighted by Crippen LogP contribution is -1.99. The van der Waals surface area contributed by atoms with Crippen molar-refractivity contribution in [2.24, 2.45) is 5.73 Å². The molecule has 0 unspecified atom stereocenters. The SMILES string of the molecule is NCc1ccccc1Oc1cc(F)ccc1Br. The van der Waals surface area contributed by atoms with E-state index >= 15 is 0 Å². The highest BCUT2D eigenvalue weighted by atomic mass is 79.9. The van der Waals surface area contributed by atoms with E-state index in [0.29, 0.717) is 22.5 Å². The van der Waals surface area contributed by atoms with Crippen molar-refractivity contribution in [3.63, 3.8) is 0 Å². The van der Waals surface area contributed by atoms with Crippen molar-refractivity contribution in [2.45, 2.75) is 6.54 Å². The maximum atomic E-state index is 13.1. The summed E-state index contributed by atoms with van der Waals surface area (Å²) in [6, 6.07) is 11.7. The van der Waals surface area contributed by atoms with Crippen molar-refractivity contribution in [1.82, 2.24) is 0 Å². The van der Waals surface area contributed by atoms with Crippen LogP contribution in [0.5, 0.6) is 11.5 Å². The average molecular weight is 296 g/mol. The number of hydrogen-bond acceptors (Lipinski definition) is 2. The first-order valence-corrected chi connectivity index (χ1v) is 5.91. The Bertz CT molecular complexity index is 531. The van der Waals surface area contributed by atoms with Crippen molar-refractivity contribution in [3.8, 4) is 11.5 Å². The summed E-state index contributed by atoms with van der Waals surface area (Å²) in [5.74, 6) is 0.737. The minimum absolute atomic E-state index is 0.339. The number of benzene rings is 2. The molecule has 2 aromatic carbocycles. The molecule has 4 heteroatoms. The van der Waals surface area contributed by atoms with Crippen LogP contribution in [0.4, 0.5) is 4.39 Å². The van der Waals surface area contributed by atoms with Gasteiger partial charge in [0.15, 0.2) is 0 Å². The second-order valence-corrected chi connectivity index (χ2v) is 4.34. The zero-order valence-electron chi connectivity index (χ0n) is 8.99. The van der Waals surface area contributed by atoms with Gasteiger partial charge in [0.25, 0.3) is 0 Å². The average Bonchev–Trinajstić information content (AvgIpc) is 2.34. The largest absolute Gasteiger partial charge is 0.456 e. The molecule has 2 nitrogen and oxygen atoms in total. The molecular weight excluding hydrogens is 285 g/mol. The molecule has 0 aliphatic carbocycles. The van der Waals surface area contributed by atoms with Gasteiger partial charge in [0.2, 0.25) is 0 Å². The van der Waals surface area contributed by atoms with Crippen molar-refractivity contribution >= 4 is 15.9 Å². The van der Waals surface area contributed by atoms with Crippen molar-refractivity contribution < 1.29 is 9.13 Å². The Morgan fingerprint density at radius 1 is 1.12 bits per heavy atom. The summed E-state index contributed by atoms with van der Waals surface area (Å²) < 4.78 is 19.5. The molecule has 0 atom stereocenters. The van der Waals surface area contributed by atoms with Gasteiger partial charge in [-0.15, -0.1) is 0 Å². The fourth-order valence-electron chi connectivity index (χ4n) is 1.45. The number of para-hydroxylation sites is 1. The summed E-state index contributed by atoms with van der Waals surface area (Å²) in [5, 5.41) is 0. The first-order valence-electron chi connectivity index (χ1n) is 5.11. The molecule has 0 saturated carbocycles. The van der Waals surface area contributed by atoms with Crippen LogP contribution < -0.4 is 10.5 Å². The smallest absolute Gasteiger partial charge is 0.144 e. The quantitative estimate of drug-likeness (QED) is 0.934. The molecule has 0 aromatic heterocycles. The van der Waals surface area contributed by atoms with Crippen molar-refractivity contribution in [3.05, 3.63) is 58.3 Å². The molecule has 0 heterocycles. The maximum absolute atomic E-state index is 13.1. The van der Waals surface area contributed by atoms with Crippen LogP contribution in [-0.4, -0.2) is 0 Å². The zero-order valence-corrected chi connectivity index (χ0v) is 10.6. The van der Waals surface area contributed by atoms with Crippen LogP contribution in [0, 0.1) is 5.82 Å². The number of hydrogen-bond donors (Lipinski definition) is 1. The molecular formula is C13H11BrFNO. The molecule has 2 N–H and O–H groups in total. The fraction of sp³-hybridized carbons (Fsp3) is 0.0769. The lowest BCUT2D eigenvalue weighted by molar-refractivity contribution is 0.468. The van der Waals surface area contributed by atoms with Crippen molar-refractivity contribution in [2.75, 3.05) is 0 Å². The molecule has 17 heavy (non-hydrogen) atoms. The highest BCUT2D eigenvalue weighted by molar-refractivity contribution is 9.10. The summed E-state index contributed by atoms with van der Waals surface area (Å²) in [4.78, 5) is 0. The van der Waals surface area contributed by atoms with Gasteiger partial charge in [-0.05, 0) is 34.1 Å². The Balaban J connectivity index is 2.34. The predicted molar refractivity (Wildman–Crippen MR) is 68.5 cm³/mol. The molecule has 0 bridgehead atoms. The third-order valence-electron chi connectivity index (χ3n) is 2.31. The van der Waals surface area contributed by atoms with E-state index in [2.05, 4.69) is 15.9 Å². The van der Waals surface area contributed by atoms with E-state index in [0.717, 1.165) is 5.56 Å². The molecule has 0 spiro atoms. The first kappa shape index (κ1) is 12.1. The summed E-state index contributed by atoms with van der Waals surface area (Å²) in [6.07, 6.45) is 0. The van der Waals surface area contributed by atoms with Gasteiger partial charge in [-0.2, -0.15) is 0 Å². The summed E-state index contributed by atoms with van der Waals surface area (Å²) in [6.45, 7) is 0.378. The molecule has 2 aromatic rings. The summed E-state index contributed by atoms with van der Waals surface area (Å²) >= 11 is 3.31. The lowest BCUT2D eigenvalue weighted by Gasteiger charge is -2.11. The number of rotatable bonds is 3. The zero-order chi connectivity index (χ0) is 12.3. The van der Waals surface area contributed by atoms with Gasteiger partial charge in [-0.3, -0.25) is 0 Å². The Hall–Kier alpha value is -1.39. The highest BCUT2D eigenvalue weighted by Gasteiger charge is 2.07. The summed E-state index contributed by atoms with van der Waals surface area (Å²) in [7, 11) is 0. The molecule has 0 saturated heterocycles. The van der Waals surface area contributed by atoms with E-state index in [1.165, 1.54) is 12.1 Å². The number of halogens is 2. The van der Waals surface area contributed by atoms with Crippen molar-refractivity contribution in [1.29, 1.82) is 0 Å². The summed E-state index contributed by atoms with van der Waals surface area (Å²) in [5.41, 5.74) is 6.48. The van der Waals surface area contributed by atoms with Gasteiger partial charge in [-0.1, -0.05) is 18.2 Å². The van der Waals surface area contributed by atoms with Crippen LogP contribution in [-0.2, 0) is 6.54 Å². The Kier molecular flexibility index (Phi) is 3.76. The molecule has 0 radical (unpaired) electrons. The van der Waals surface area contributed by atoms with E-state index in [1.807, 2.05) is 18.2 Å². The van der Waals surface area contributed by atoms with Crippen LogP contribution >= 0.6 is 15.9 Å². The molecule has 0 aliphatic rings. The normalized spacial score (nSPS) is 10.3. The van der Waals surface area contributed by atoms with Gasteiger partial charge >= 0.3 is 0 Å². The third kappa shape index (κ3) is 2.84. The lowest BCUT2D eigenvalue weighted by atomic mass is 10.2. The topological polar surface area (TPSA) is 35.2 Å². The first-order chi connectivity index (χ1) is 8.20. The third-order valence-corrected chi connectivity index (χ3v) is 2.96. The van der Waals surface area contributed by atoms with Gasteiger partial charge in [0, 0.05) is 18.2 Å². The van der Waals surface area contributed by atoms with Crippen LogP contribution in [0.15, 0.2) is 46.9 Å². The van der Waals surface area contributed by atoms with E-state index in [4.69, 9.17) is 10.5 Å². The Morgan fingerprint density at radius 2 is 1.88 bits per heavy atom. The minimum Gasteiger partial charge on any atom is -0.456 e.